The summed E-state index contributed by atoms with van der Waals surface area (Å²) in [6, 6.07) is 23.5. The van der Waals surface area contributed by atoms with Crippen molar-refractivity contribution in [3.8, 4) is 0 Å². The fraction of sp³-hybridized carbons (Fsp3) is 0.321. The largest absolute Gasteiger partial charge is 0.372 e. The van der Waals surface area contributed by atoms with E-state index in [1.54, 1.807) is 42.5 Å². The first-order chi connectivity index (χ1) is 16.9. The molecule has 6 nitrogen and oxygen atoms in total. The molecule has 0 spiro atoms. The van der Waals surface area contributed by atoms with Crippen LogP contribution >= 0.6 is 0 Å². The Labute approximate surface area is 208 Å². The van der Waals surface area contributed by atoms with Crippen LogP contribution in [0.25, 0.3) is 0 Å². The summed E-state index contributed by atoms with van der Waals surface area (Å²) in [7, 11) is -3.92. The van der Waals surface area contributed by atoms with Crippen molar-refractivity contribution in [1.29, 1.82) is 0 Å². The van der Waals surface area contributed by atoms with E-state index < -0.39 is 10.0 Å². The fourth-order valence-electron chi connectivity index (χ4n) is 4.38. The molecule has 0 radical (unpaired) electrons. The first-order valence-corrected chi connectivity index (χ1v) is 13.6. The number of amides is 1. The Bertz CT molecular complexity index is 1220. The van der Waals surface area contributed by atoms with Gasteiger partial charge < -0.3 is 10.2 Å². The van der Waals surface area contributed by atoms with Crippen LogP contribution in [0.1, 0.15) is 43.9 Å². The van der Waals surface area contributed by atoms with E-state index in [-0.39, 0.29) is 23.4 Å². The van der Waals surface area contributed by atoms with Crippen LogP contribution in [0.3, 0.4) is 0 Å². The molecule has 35 heavy (non-hydrogen) atoms. The second-order valence-electron chi connectivity index (χ2n) is 8.92. The summed E-state index contributed by atoms with van der Waals surface area (Å²) < 4.78 is 28.1. The Balaban J connectivity index is 1.51. The lowest BCUT2D eigenvalue weighted by atomic mass is 10.1. The number of aryl methyl sites for hydroxylation is 1. The van der Waals surface area contributed by atoms with Crippen molar-refractivity contribution >= 4 is 27.3 Å². The smallest absolute Gasteiger partial charge is 0.264 e. The molecule has 7 heteroatoms. The van der Waals surface area contributed by atoms with Gasteiger partial charge >= 0.3 is 0 Å². The lowest BCUT2D eigenvalue weighted by molar-refractivity contribution is -0.120. The molecule has 1 aliphatic heterocycles. The number of carbonyl (C=O) groups is 1. The molecule has 1 amide bonds. The van der Waals surface area contributed by atoms with E-state index in [4.69, 9.17) is 0 Å². The number of sulfonamides is 1. The third kappa shape index (κ3) is 5.85. The topological polar surface area (TPSA) is 69.7 Å². The minimum atomic E-state index is -3.92. The number of carbonyl (C=O) groups excluding carboxylic acids is 1. The van der Waals surface area contributed by atoms with Crippen LogP contribution in [0.5, 0.6) is 0 Å². The molecule has 0 aliphatic carbocycles. The van der Waals surface area contributed by atoms with Crippen LogP contribution in [0.4, 0.5) is 11.4 Å². The monoisotopic (exact) mass is 491 g/mol. The van der Waals surface area contributed by atoms with Gasteiger partial charge in [0, 0.05) is 18.8 Å². The molecule has 1 fully saturated rings. The number of hydrogen-bond acceptors (Lipinski definition) is 4. The summed E-state index contributed by atoms with van der Waals surface area (Å²) in [5, 5.41) is 2.97. The zero-order valence-corrected chi connectivity index (χ0v) is 21.2. The second kappa shape index (κ2) is 11.0. The van der Waals surface area contributed by atoms with E-state index in [0.717, 1.165) is 30.6 Å². The van der Waals surface area contributed by atoms with E-state index in [9.17, 15) is 13.2 Å². The van der Waals surface area contributed by atoms with Crippen molar-refractivity contribution in [1.82, 2.24) is 5.32 Å². The van der Waals surface area contributed by atoms with Crippen LogP contribution in [-0.2, 0) is 21.2 Å². The molecule has 3 aromatic carbocycles. The molecule has 3 aromatic rings. The summed E-state index contributed by atoms with van der Waals surface area (Å²) in [4.78, 5) is 15.6. The number of nitrogens with zero attached hydrogens (tertiary/aromatic N) is 2. The van der Waals surface area contributed by atoms with Gasteiger partial charge in [-0.1, -0.05) is 49.4 Å². The first-order valence-electron chi connectivity index (χ1n) is 12.2. The number of hydrogen-bond donors (Lipinski definition) is 1. The van der Waals surface area contributed by atoms with Gasteiger partial charge in [0.05, 0.1) is 16.6 Å². The highest BCUT2D eigenvalue weighted by Crippen LogP contribution is 2.25. The van der Waals surface area contributed by atoms with Gasteiger partial charge in [-0.05, 0) is 73.7 Å². The van der Waals surface area contributed by atoms with Gasteiger partial charge in [0.1, 0.15) is 6.54 Å². The Morgan fingerprint density at radius 2 is 1.57 bits per heavy atom. The molecule has 1 atom stereocenters. The predicted octanol–water partition coefficient (Wildman–Crippen LogP) is 4.92. The normalized spacial score (nSPS) is 14.5. The van der Waals surface area contributed by atoms with E-state index in [0.29, 0.717) is 5.69 Å². The zero-order chi connectivity index (χ0) is 24.8. The lowest BCUT2D eigenvalue weighted by Crippen LogP contribution is -2.41. The quantitative estimate of drug-likeness (QED) is 0.461. The van der Waals surface area contributed by atoms with Gasteiger partial charge in [0.2, 0.25) is 5.91 Å². The summed E-state index contributed by atoms with van der Waals surface area (Å²) in [5.74, 6) is -0.361. The highest BCUT2D eigenvalue weighted by molar-refractivity contribution is 7.92. The number of nitrogens with one attached hydrogen (secondary N) is 1. The summed E-state index contributed by atoms with van der Waals surface area (Å²) >= 11 is 0. The Morgan fingerprint density at radius 3 is 2.17 bits per heavy atom. The molecular weight excluding hydrogens is 458 g/mol. The minimum Gasteiger partial charge on any atom is -0.372 e. The fourth-order valence-corrected chi connectivity index (χ4v) is 5.82. The van der Waals surface area contributed by atoms with E-state index in [2.05, 4.69) is 22.3 Å². The molecule has 1 heterocycles. The van der Waals surface area contributed by atoms with Crippen molar-refractivity contribution in [2.75, 3.05) is 28.8 Å². The van der Waals surface area contributed by atoms with Gasteiger partial charge in [-0.25, -0.2) is 8.42 Å². The predicted molar refractivity (Wildman–Crippen MR) is 141 cm³/mol. The van der Waals surface area contributed by atoms with Crippen LogP contribution < -0.4 is 14.5 Å². The van der Waals surface area contributed by atoms with Gasteiger partial charge in [0.15, 0.2) is 0 Å². The molecular formula is C28H33N3O3S. The van der Waals surface area contributed by atoms with Crippen molar-refractivity contribution in [3.05, 3.63) is 90.0 Å². The van der Waals surface area contributed by atoms with Gasteiger partial charge in [0.25, 0.3) is 10.0 Å². The lowest BCUT2D eigenvalue weighted by Gasteiger charge is -2.25. The molecule has 0 saturated carbocycles. The Kier molecular flexibility index (Phi) is 7.76. The average Bonchev–Trinajstić information content (AvgIpc) is 3.43. The maximum Gasteiger partial charge on any atom is 0.264 e. The van der Waals surface area contributed by atoms with E-state index >= 15 is 0 Å². The highest BCUT2D eigenvalue weighted by atomic mass is 32.2. The number of anilines is 2. The molecule has 0 aromatic heterocycles. The van der Waals surface area contributed by atoms with Gasteiger partial charge in [-0.2, -0.15) is 0 Å². The SMILES string of the molecule is CCc1ccc(N(CC(=O)NC(C)c2ccc(N3CCCC3)cc2)S(=O)(=O)c2ccccc2)cc1. The Morgan fingerprint density at radius 1 is 0.943 bits per heavy atom. The minimum absolute atomic E-state index is 0.151. The van der Waals surface area contributed by atoms with Gasteiger partial charge in [-0.3, -0.25) is 9.10 Å². The van der Waals surface area contributed by atoms with Crippen molar-refractivity contribution in [2.24, 2.45) is 0 Å². The molecule has 4 rings (SSSR count). The average molecular weight is 492 g/mol. The molecule has 1 saturated heterocycles. The first kappa shape index (κ1) is 24.8. The molecule has 184 valence electrons. The number of rotatable bonds is 9. The molecule has 1 aliphatic rings. The van der Waals surface area contributed by atoms with Crippen LogP contribution in [0, 0.1) is 0 Å². The van der Waals surface area contributed by atoms with Crippen LogP contribution in [0.15, 0.2) is 83.8 Å². The summed E-state index contributed by atoms with van der Waals surface area (Å²) in [6.45, 7) is 5.81. The van der Waals surface area contributed by atoms with Crippen molar-refractivity contribution in [3.63, 3.8) is 0 Å². The summed E-state index contributed by atoms with van der Waals surface area (Å²) in [6.07, 6.45) is 3.29. The van der Waals surface area contributed by atoms with Crippen molar-refractivity contribution in [2.45, 2.75) is 44.0 Å². The molecule has 0 bridgehead atoms. The van der Waals surface area contributed by atoms with Crippen LogP contribution in [0.2, 0.25) is 0 Å². The highest BCUT2D eigenvalue weighted by Gasteiger charge is 2.27. The number of benzene rings is 3. The van der Waals surface area contributed by atoms with Crippen LogP contribution in [-0.4, -0.2) is 34.0 Å². The van der Waals surface area contributed by atoms with E-state index in [1.165, 1.54) is 22.8 Å². The molecule has 1 N–H and O–H groups in total. The molecule has 1 unspecified atom stereocenters. The maximum absolute atomic E-state index is 13.5. The zero-order valence-electron chi connectivity index (χ0n) is 20.4. The van der Waals surface area contributed by atoms with Crippen molar-refractivity contribution < 1.29 is 13.2 Å². The Hall–Kier alpha value is -3.32. The maximum atomic E-state index is 13.5. The second-order valence-corrected chi connectivity index (χ2v) is 10.8. The van der Waals surface area contributed by atoms with Gasteiger partial charge in [-0.15, -0.1) is 0 Å². The summed E-state index contributed by atoms with van der Waals surface area (Å²) in [5.41, 5.74) is 3.73. The third-order valence-corrected chi connectivity index (χ3v) is 8.28. The van der Waals surface area contributed by atoms with E-state index in [1.807, 2.05) is 38.1 Å². The standard InChI is InChI=1S/C28H33N3O3S/c1-3-23-11-15-26(16-12-23)31(35(33,34)27-9-5-4-6-10-27)21-28(32)29-22(2)24-13-17-25(18-14-24)30-19-7-8-20-30/h4-6,9-18,22H,3,7-8,19-21H2,1-2H3,(H,29,32). The third-order valence-electron chi connectivity index (χ3n) is 6.49.